The van der Waals surface area contributed by atoms with Gasteiger partial charge in [-0.25, -0.2) is 4.79 Å². The lowest BCUT2D eigenvalue weighted by Crippen LogP contribution is -2.40. The topological polar surface area (TPSA) is 108 Å². The van der Waals surface area contributed by atoms with Gasteiger partial charge in [0.2, 0.25) is 0 Å². The maximum absolute atomic E-state index is 12.7. The minimum Gasteiger partial charge on any atom is -0.477 e. The number of quaternary nitrogens is 1. The first-order valence-corrected chi connectivity index (χ1v) is 27.0. The molecule has 9 nitrogen and oxygen atoms in total. The Labute approximate surface area is 432 Å². The van der Waals surface area contributed by atoms with Crippen molar-refractivity contribution in [1.82, 2.24) is 0 Å². The van der Waals surface area contributed by atoms with Gasteiger partial charge in [0, 0.05) is 12.8 Å². The Morgan fingerprint density at radius 3 is 1.18 bits per heavy atom. The zero-order valence-corrected chi connectivity index (χ0v) is 45.1. The van der Waals surface area contributed by atoms with E-state index in [4.69, 9.17) is 18.9 Å². The molecule has 0 aromatic rings. The lowest BCUT2D eigenvalue weighted by Gasteiger charge is -2.25. The Hall–Kier alpha value is -4.83. The molecule has 0 aliphatic carbocycles. The van der Waals surface area contributed by atoms with E-state index < -0.39 is 24.3 Å². The van der Waals surface area contributed by atoms with Crippen LogP contribution in [0.1, 0.15) is 168 Å². The highest BCUT2D eigenvalue weighted by Gasteiger charge is 2.25. The van der Waals surface area contributed by atoms with Gasteiger partial charge in [-0.05, 0) is 103 Å². The highest BCUT2D eigenvalue weighted by Crippen LogP contribution is 2.11. The van der Waals surface area contributed by atoms with Crippen molar-refractivity contribution in [3.05, 3.63) is 146 Å². The molecule has 0 amide bonds. The number of rotatable bonds is 47. The van der Waals surface area contributed by atoms with Crippen LogP contribution in [-0.2, 0) is 33.3 Å². The van der Waals surface area contributed by atoms with Crippen LogP contribution < -0.4 is 0 Å². The molecule has 0 aliphatic heterocycles. The van der Waals surface area contributed by atoms with Gasteiger partial charge in [0.1, 0.15) is 13.2 Å². The number of aliphatic carboxylic acids is 1. The number of ether oxygens (including phenoxy) is 4. The fraction of sp³-hybridized carbons (Fsp3) is 0.565. The quantitative estimate of drug-likeness (QED) is 0.0211. The molecule has 0 aromatic carbocycles. The number of carbonyl (C=O) groups excluding carboxylic acids is 2. The lowest BCUT2D eigenvalue weighted by atomic mass is 10.1. The van der Waals surface area contributed by atoms with Crippen molar-refractivity contribution < 1.29 is 42.9 Å². The molecule has 0 bridgehead atoms. The summed E-state index contributed by atoms with van der Waals surface area (Å²) in [6, 6.07) is 0. The Balaban J connectivity index is 4.11. The van der Waals surface area contributed by atoms with Crippen LogP contribution >= 0.6 is 0 Å². The van der Waals surface area contributed by atoms with E-state index in [1.54, 1.807) is 0 Å². The van der Waals surface area contributed by atoms with Crippen LogP contribution in [0.2, 0.25) is 0 Å². The summed E-state index contributed by atoms with van der Waals surface area (Å²) in [4.78, 5) is 36.8. The number of esters is 2. The van der Waals surface area contributed by atoms with E-state index in [0.717, 1.165) is 135 Å². The molecule has 0 heterocycles. The maximum atomic E-state index is 12.7. The van der Waals surface area contributed by atoms with Crippen LogP contribution in [0.4, 0.5) is 0 Å². The summed E-state index contributed by atoms with van der Waals surface area (Å²) >= 11 is 0. The predicted octanol–water partition coefficient (Wildman–Crippen LogP) is 15.7. The van der Waals surface area contributed by atoms with E-state index in [1.165, 1.54) is 0 Å². The number of hydrogen-bond acceptors (Lipinski definition) is 7. The average molecular weight is 985 g/mol. The Bertz CT molecular complexity index is 1670. The SMILES string of the molecule is CC/C=C\C/C=C\C/C=C\C/C=C\C/C=C\C/C=C\C/C=C\C/C=C\C/C=C\C/C=C\C/C=C\C/C=C\CCCCCCC(=O)OC(COC(=O)CCCCCCC)COC(OCC[N+](C)(C)C)C(=O)O. The fourth-order valence-corrected chi connectivity index (χ4v) is 6.46. The van der Waals surface area contributed by atoms with E-state index in [2.05, 4.69) is 160 Å². The zero-order valence-electron chi connectivity index (χ0n) is 45.1. The van der Waals surface area contributed by atoms with Crippen molar-refractivity contribution in [3.63, 3.8) is 0 Å². The van der Waals surface area contributed by atoms with Gasteiger partial charge in [0.05, 0.1) is 34.4 Å². The molecule has 0 radical (unpaired) electrons. The van der Waals surface area contributed by atoms with Gasteiger partial charge in [-0.3, -0.25) is 9.59 Å². The van der Waals surface area contributed by atoms with Crippen LogP contribution in [0, 0.1) is 0 Å². The molecular formula is C62H98NO8+. The third-order valence-corrected chi connectivity index (χ3v) is 10.6. The first-order valence-electron chi connectivity index (χ1n) is 27.0. The molecule has 398 valence electrons. The van der Waals surface area contributed by atoms with Gasteiger partial charge >= 0.3 is 17.9 Å². The molecule has 0 spiro atoms. The first-order chi connectivity index (χ1) is 34.6. The molecule has 71 heavy (non-hydrogen) atoms. The molecule has 0 aliphatic rings. The van der Waals surface area contributed by atoms with Crippen molar-refractivity contribution in [1.29, 1.82) is 0 Å². The average Bonchev–Trinajstić information content (AvgIpc) is 3.34. The maximum Gasteiger partial charge on any atom is 0.361 e. The molecule has 2 atom stereocenters. The van der Waals surface area contributed by atoms with Gasteiger partial charge in [0.25, 0.3) is 6.29 Å². The van der Waals surface area contributed by atoms with Gasteiger partial charge in [-0.15, -0.1) is 0 Å². The molecule has 0 rings (SSSR count). The predicted molar refractivity (Wildman–Crippen MR) is 299 cm³/mol. The van der Waals surface area contributed by atoms with E-state index in [1.807, 2.05) is 21.1 Å². The summed E-state index contributed by atoms with van der Waals surface area (Å²) in [6.45, 7) is 4.59. The number of unbranched alkanes of at least 4 members (excludes halogenated alkanes) is 8. The number of carbonyl (C=O) groups is 3. The summed E-state index contributed by atoms with van der Waals surface area (Å²) in [5.74, 6) is -2.08. The van der Waals surface area contributed by atoms with Crippen LogP contribution in [0.5, 0.6) is 0 Å². The molecule has 0 fully saturated rings. The number of likely N-dealkylation sites (N-methyl/N-ethyl adjacent to an activating group) is 1. The molecule has 9 heteroatoms. The van der Waals surface area contributed by atoms with Crippen LogP contribution in [0.3, 0.4) is 0 Å². The standard InChI is InChI=1S/C62H97NO8/c1-6-8-10-12-13-14-15-16-17-18-19-20-21-22-23-24-25-26-27-28-29-30-31-32-33-34-35-36-37-38-39-40-41-42-43-44-45-46-47-49-51-53-60(65)71-58(56-69-59(64)52-50-48-11-9-7-2)57-70-62(61(66)67)68-55-54-63(3,4)5/h8,10,13-14,16-17,19-20,22-23,25-26,28-29,31-32,34-35,37-38,40-41,43-44,58,62H,6-7,9,11-12,15,18,21,24,27,30,33,36,39,42,45-57H2,1-5H3/p+1/b10-8-,14-13-,17-16-,20-19-,23-22-,26-25-,29-28-,32-31-,35-34-,38-37-,41-40-,44-43-. The van der Waals surface area contributed by atoms with Crippen molar-refractivity contribution in [2.75, 3.05) is 47.5 Å². The molecule has 1 N–H and O–H groups in total. The number of carboxylic acid groups (broad SMARTS) is 1. The largest absolute Gasteiger partial charge is 0.477 e. The third-order valence-electron chi connectivity index (χ3n) is 10.6. The van der Waals surface area contributed by atoms with E-state index in [-0.39, 0.29) is 38.6 Å². The van der Waals surface area contributed by atoms with Gasteiger partial charge < -0.3 is 28.5 Å². The molecule has 0 saturated heterocycles. The zero-order chi connectivity index (χ0) is 52.0. The molecular weight excluding hydrogens is 887 g/mol. The molecule has 2 unspecified atom stereocenters. The highest BCUT2D eigenvalue weighted by molar-refractivity contribution is 5.71. The summed E-state index contributed by atoms with van der Waals surface area (Å²) < 4.78 is 22.5. The minimum absolute atomic E-state index is 0.175. The fourth-order valence-electron chi connectivity index (χ4n) is 6.46. The monoisotopic (exact) mass is 985 g/mol. The highest BCUT2D eigenvalue weighted by atomic mass is 16.7. The van der Waals surface area contributed by atoms with Gasteiger partial charge in [0.15, 0.2) is 6.10 Å². The Morgan fingerprint density at radius 2 is 0.803 bits per heavy atom. The molecule has 0 aromatic heterocycles. The lowest BCUT2D eigenvalue weighted by molar-refractivity contribution is -0.870. The van der Waals surface area contributed by atoms with Crippen molar-refractivity contribution in [2.24, 2.45) is 0 Å². The van der Waals surface area contributed by atoms with Crippen LogP contribution in [0.25, 0.3) is 0 Å². The first kappa shape index (κ1) is 66.2. The normalized spacial score (nSPS) is 14.0. The number of nitrogens with zero attached hydrogens (tertiary/aromatic N) is 1. The summed E-state index contributed by atoms with van der Waals surface area (Å²) in [5, 5.41) is 9.60. The van der Waals surface area contributed by atoms with E-state index >= 15 is 0 Å². The number of carboxylic acids is 1. The van der Waals surface area contributed by atoms with Gasteiger partial charge in [-0.1, -0.05) is 198 Å². The molecule has 0 saturated carbocycles. The second-order valence-corrected chi connectivity index (χ2v) is 18.5. The number of allylic oxidation sites excluding steroid dienone is 24. The summed E-state index contributed by atoms with van der Waals surface area (Å²) in [7, 11) is 5.92. The van der Waals surface area contributed by atoms with Crippen LogP contribution in [0.15, 0.2) is 146 Å². The van der Waals surface area contributed by atoms with E-state index in [9.17, 15) is 19.5 Å². The Morgan fingerprint density at radius 1 is 0.437 bits per heavy atom. The second-order valence-electron chi connectivity index (χ2n) is 18.5. The Kier molecular flexibility index (Phi) is 48.0. The van der Waals surface area contributed by atoms with Crippen molar-refractivity contribution in [2.45, 2.75) is 180 Å². The van der Waals surface area contributed by atoms with Gasteiger partial charge in [-0.2, -0.15) is 0 Å². The van der Waals surface area contributed by atoms with Crippen molar-refractivity contribution >= 4 is 17.9 Å². The van der Waals surface area contributed by atoms with E-state index in [0.29, 0.717) is 17.4 Å². The summed E-state index contributed by atoms with van der Waals surface area (Å²) in [6.07, 6.45) is 72.8. The van der Waals surface area contributed by atoms with Crippen LogP contribution in [-0.4, -0.2) is 87.4 Å². The second kappa shape index (κ2) is 51.5. The summed E-state index contributed by atoms with van der Waals surface area (Å²) in [5.41, 5.74) is 0. The van der Waals surface area contributed by atoms with Crippen molar-refractivity contribution in [3.8, 4) is 0 Å². The number of hydrogen-bond donors (Lipinski definition) is 1. The third kappa shape index (κ3) is 52.8. The smallest absolute Gasteiger partial charge is 0.361 e. The minimum atomic E-state index is -1.52.